The molecule has 0 unspecified atom stereocenters. The Morgan fingerprint density at radius 1 is 1.00 bits per heavy atom. The zero-order valence-electron chi connectivity index (χ0n) is 13.0. The first-order chi connectivity index (χ1) is 11.3. The molecule has 2 aromatic rings. The number of piperazine rings is 1. The van der Waals surface area contributed by atoms with Gasteiger partial charge < -0.3 is 9.80 Å². The van der Waals surface area contributed by atoms with E-state index < -0.39 is 11.7 Å². The fraction of sp³-hybridized carbons (Fsp3) is 0.375. The number of hydrogen-bond acceptors (Lipinski definition) is 4. The third-order valence-corrected chi connectivity index (χ3v) is 4.13. The van der Waals surface area contributed by atoms with Crippen LogP contribution in [0.3, 0.4) is 0 Å². The second kappa shape index (κ2) is 6.47. The maximum atomic E-state index is 12.8. The molecular formula is C16H16ClF3N4. The predicted molar refractivity (Wildman–Crippen MR) is 87.6 cm³/mol. The average Bonchev–Trinajstić information content (AvgIpc) is 2.53. The molecule has 1 aromatic carbocycles. The molecule has 4 nitrogen and oxygen atoms in total. The maximum absolute atomic E-state index is 12.8. The zero-order valence-corrected chi connectivity index (χ0v) is 13.8. The fourth-order valence-corrected chi connectivity index (χ4v) is 2.97. The number of alkyl halides is 3. The van der Waals surface area contributed by atoms with Crippen LogP contribution in [-0.4, -0.2) is 36.1 Å². The summed E-state index contributed by atoms with van der Waals surface area (Å²) in [5.41, 5.74) is -0.0398. The minimum absolute atomic E-state index is 0.387. The second-order valence-electron chi connectivity index (χ2n) is 5.62. The van der Waals surface area contributed by atoms with E-state index in [9.17, 15) is 13.2 Å². The Balaban J connectivity index is 1.71. The van der Waals surface area contributed by atoms with E-state index in [4.69, 9.17) is 11.6 Å². The third kappa shape index (κ3) is 3.72. The SMILES string of the molecule is Cc1nc(Cl)cc(N2CCN(c3cccc(C(F)(F)F)c3)CC2)n1. The predicted octanol–water partition coefficient (Wildman–Crippen LogP) is 3.78. The van der Waals surface area contributed by atoms with Gasteiger partial charge in [0.2, 0.25) is 0 Å². The van der Waals surface area contributed by atoms with Crippen LogP contribution in [0, 0.1) is 6.92 Å². The van der Waals surface area contributed by atoms with Crippen LogP contribution < -0.4 is 9.80 Å². The third-order valence-electron chi connectivity index (χ3n) is 3.94. The summed E-state index contributed by atoms with van der Waals surface area (Å²) in [6.45, 7) is 4.31. The van der Waals surface area contributed by atoms with Crippen LogP contribution >= 0.6 is 11.6 Å². The van der Waals surface area contributed by atoms with E-state index in [1.54, 1.807) is 19.1 Å². The summed E-state index contributed by atoms with van der Waals surface area (Å²) in [4.78, 5) is 12.4. The van der Waals surface area contributed by atoms with Gasteiger partial charge in [-0.3, -0.25) is 0 Å². The Morgan fingerprint density at radius 2 is 1.67 bits per heavy atom. The van der Waals surface area contributed by atoms with Crippen molar-refractivity contribution in [2.75, 3.05) is 36.0 Å². The summed E-state index contributed by atoms with van der Waals surface area (Å²) in [5, 5.41) is 0.387. The van der Waals surface area contributed by atoms with Crippen molar-refractivity contribution in [2.45, 2.75) is 13.1 Å². The van der Waals surface area contributed by atoms with Crippen molar-refractivity contribution >= 4 is 23.1 Å². The quantitative estimate of drug-likeness (QED) is 0.766. The Hall–Kier alpha value is -2.02. The van der Waals surface area contributed by atoms with E-state index in [0.29, 0.717) is 42.8 Å². The van der Waals surface area contributed by atoms with Gasteiger partial charge in [0.25, 0.3) is 0 Å². The number of hydrogen-bond donors (Lipinski definition) is 0. The van der Waals surface area contributed by atoms with Gasteiger partial charge in [-0.1, -0.05) is 17.7 Å². The van der Waals surface area contributed by atoms with E-state index in [2.05, 4.69) is 14.9 Å². The molecule has 0 bridgehead atoms. The number of benzene rings is 1. The topological polar surface area (TPSA) is 32.3 Å². The molecule has 0 atom stereocenters. The van der Waals surface area contributed by atoms with E-state index in [-0.39, 0.29) is 0 Å². The lowest BCUT2D eigenvalue weighted by Gasteiger charge is -2.37. The smallest absolute Gasteiger partial charge is 0.368 e. The Morgan fingerprint density at radius 3 is 2.29 bits per heavy atom. The van der Waals surface area contributed by atoms with Crippen molar-refractivity contribution in [3.05, 3.63) is 46.9 Å². The molecular weight excluding hydrogens is 341 g/mol. The van der Waals surface area contributed by atoms with Gasteiger partial charge in [0.05, 0.1) is 5.56 Å². The highest BCUT2D eigenvalue weighted by Crippen LogP contribution is 2.32. The molecule has 0 saturated carbocycles. The van der Waals surface area contributed by atoms with Crippen molar-refractivity contribution in [1.82, 2.24) is 9.97 Å². The highest BCUT2D eigenvalue weighted by molar-refractivity contribution is 6.29. The summed E-state index contributed by atoms with van der Waals surface area (Å²) in [7, 11) is 0. The van der Waals surface area contributed by atoms with Gasteiger partial charge in [-0.2, -0.15) is 13.2 Å². The van der Waals surface area contributed by atoms with Crippen molar-refractivity contribution in [3.63, 3.8) is 0 Å². The van der Waals surface area contributed by atoms with Crippen LogP contribution in [0.4, 0.5) is 24.7 Å². The van der Waals surface area contributed by atoms with E-state index in [1.165, 1.54) is 12.1 Å². The maximum Gasteiger partial charge on any atom is 0.416 e. The molecule has 3 rings (SSSR count). The zero-order chi connectivity index (χ0) is 17.3. The lowest BCUT2D eigenvalue weighted by atomic mass is 10.1. The molecule has 0 aliphatic carbocycles. The van der Waals surface area contributed by atoms with E-state index in [0.717, 1.165) is 11.9 Å². The molecule has 128 valence electrons. The lowest BCUT2D eigenvalue weighted by Crippen LogP contribution is -2.47. The molecule has 1 fully saturated rings. The van der Waals surface area contributed by atoms with Gasteiger partial charge in [-0.15, -0.1) is 0 Å². The van der Waals surface area contributed by atoms with Crippen LogP contribution in [0.25, 0.3) is 0 Å². The summed E-state index contributed by atoms with van der Waals surface area (Å²) >= 11 is 5.96. The van der Waals surface area contributed by atoms with Gasteiger partial charge in [0.1, 0.15) is 16.8 Å². The first-order valence-electron chi connectivity index (χ1n) is 7.51. The Kier molecular flexibility index (Phi) is 4.54. The van der Waals surface area contributed by atoms with Crippen molar-refractivity contribution in [1.29, 1.82) is 0 Å². The number of halogens is 4. The molecule has 1 aliphatic rings. The number of rotatable bonds is 2. The average molecular weight is 357 g/mol. The number of aryl methyl sites for hydroxylation is 1. The van der Waals surface area contributed by atoms with Crippen molar-refractivity contribution < 1.29 is 13.2 Å². The largest absolute Gasteiger partial charge is 0.416 e. The minimum Gasteiger partial charge on any atom is -0.368 e. The van der Waals surface area contributed by atoms with Gasteiger partial charge >= 0.3 is 6.18 Å². The van der Waals surface area contributed by atoms with Gasteiger partial charge in [-0.25, -0.2) is 9.97 Å². The highest BCUT2D eigenvalue weighted by atomic mass is 35.5. The van der Waals surface area contributed by atoms with Crippen LogP contribution in [-0.2, 0) is 6.18 Å². The fourth-order valence-electron chi connectivity index (χ4n) is 2.75. The number of aromatic nitrogens is 2. The van der Waals surface area contributed by atoms with Gasteiger partial charge in [-0.05, 0) is 25.1 Å². The van der Waals surface area contributed by atoms with Crippen LogP contribution in [0.2, 0.25) is 5.15 Å². The molecule has 1 aliphatic heterocycles. The molecule has 0 spiro atoms. The Labute approximate surface area is 142 Å². The minimum atomic E-state index is -4.33. The van der Waals surface area contributed by atoms with Gasteiger partial charge in [0, 0.05) is 37.9 Å². The lowest BCUT2D eigenvalue weighted by molar-refractivity contribution is -0.137. The summed E-state index contributed by atoms with van der Waals surface area (Å²) in [6.07, 6.45) is -4.33. The van der Waals surface area contributed by atoms with Crippen molar-refractivity contribution in [3.8, 4) is 0 Å². The number of anilines is 2. The molecule has 0 amide bonds. The normalized spacial score (nSPS) is 15.7. The first-order valence-corrected chi connectivity index (χ1v) is 7.89. The molecule has 0 N–H and O–H groups in total. The Bertz CT molecular complexity index is 707. The van der Waals surface area contributed by atoms with Crippen LogP contribution in [0.1, 0.15) is 11.4 Å². The summed E-state index contributed by atoms with van der Waals surface area (Å²) < 4.78 is 38.5. The standard InChI is InChI=1S/C16H16ClF3N4/c1-11-21-14(17)10-15(22-11)24-7-5-23(6-8-24)13-4-2-3-12(9-13)16(18,19)20/h2-4,9-10H,5-8H2,1H3. The van der Waals surface area contributed by atoms with Crippen LogP contribution in [0.5, 0.6) is 0 Å². The molecule has 2 heterocycles. The molecule has 24 heavy (non-hydrogen) atoms. The van der Waals surface area contributed by atoms with Gasteiger partial charge in [0.15, 0.2) is 0 Å². The highest BCUT2D eigenvalue weighted by Gasteiger charge is 2.31. The summed E-state index contributed by atoms with van der Waals surface area (Å²) in [6, 6.07) is 7.13. The second-order valence-corrected chi connectivity index (χ2v) is 6.01. The van der Waals surface area contributed by atoms with Crippen LogP contribution in [0.15, 0.2) is 30.3 Å². The first kappa shape index (κ1) is 16.8. The van der Waals surface area contributed by atoms with E-state index >= 15 is 0 Å². The molecule has 8 heteroatoms. The number of nitrogens with zero attached hydrogens (tertiary/aromatic N) is 4. The molecule has 1 aromatic heterocycles. The van der Waals surface area contributed by atoms with Crippen molar-refractivity contribution in [2.24, 2.45) is 0 Å². The summed E-state index contributed by atoms with van der Waals surface area (Å²) in [5.74, 6) is 1.34. The molecule has 0 radical (unpaired) electrons. The monoisotopic (exact) mass is 356 g/mol. The molecule has 1 saturated heterocycles. The van der Waals surface area contributed by atoms with E-state index in [1.807, 2.05) is 4.90 Å².